The first-order valence-electron chi connectivity index (χ1n) is 7.72. The minimum atomic E-state index is -0.456. The quantitative estimate of drug-likeness (QED) is 0.663. The number of hydrogen-bond acceptors (Lipinski definition) is 4. The van der Waals surface area contributed by atoms with Crippen LogP contribution in [0.2, 0.25) is 0 Å². The molecular formula is C19H19FN4O. The highest BCUT2D eigenvalue weighted by Gasteiger charge is 2.33. The number of allylic oxidation sites excluding steroid dienone is 2. The van der Waals surface area contributed by atoms with E-state index >= 15 is 0 Å². The van der Waals surface area contributed by atoms with Gasteiger partial charge in [-0.25, -0.2) is 4.39 Å². The van der Waals surface area contributed by atoms with Crippen molar-refractivity contribution >= 4 is 17.2 Å². The molecule has 5 nitrogen and oxygen atoms in total. The number of fused-ring (bicyclic) bond motifs is 1. The number of carbonyl (C=O) groups excluding carboxylic acids is 1. The smallest absolute Gasteiger partial charge is 0.259 e. The van der Waals surface area contributed by atoms with Crippen molar-refractivity contribution in [2.45, 2.75) is 33.2 Å². The average molecular weight is 338 g/mol. The van der Waals surface area contributed by atoms with Crippen LogP contribution in [-0.4, -0.2) is 18.5 Å². The number of nitrogens with zero attached hydrogens (tertiary/aromatic N) is 3. The van der Waals surface area contributed by atoms with Gasteiger partial charge >= 0.3 is 0 Å². The number of halogens is 1. The first kappa shape index (κ1) is 18.2. The molecule has 1 amide bonds. The van der Waals surface area contributed by atoms with Crippen LogP contribution in [0.1, 0.15) is 33.3 Å². The second-order valence-corrected chi connectivity index (χ2v) is 6.87. The second-order valence-electron chi connectivity index (χ2n) is 6.87. The van der Waals surface area contributed by atoms with Crippen molar-refractivity contribution in [3.8, 4) is 12.1 Å². The van der Waals surface area contributed by atoms with Crippen LogP contribution in [0.15, 0.2) is 35.0 Å². The standard InChI is InChI=1S/C19H19FN4O/c1-11(17(12(9-21)10-22)23-19(2,3)4)16-14-8-13(20)6-7-15(14)24(5)18(16)25/h6-8,23H,1-5H3/b16-11-. The summed E-state index contributed by atoms with van der Waals surface area (Å²) in [6.45, 7) is 7.30. The van der Waals surface area contributed by atoms with E-state index in [0.717, 1.165) is 0 Å². The van der Waals surface area contributed by atoms with Crippen molar-refractivity contribution in [1.82, 2.24) is 5.32 Å². The van der Waals surface area contributed by atoms with Crippen molar-refractivity contribution in [2.24, 2.45) is 0 Å². The van der Waals surface area contributed by atoms with E-state index in [2.05, 4.69) is 5.32 Å². The number of rotatable bonds is 2. The normalized spacial score (nSPS) is 15.2. The van der Waals surface area contributed by atoms with Crippen LogP contribution in [0, 0.1) is 28.5 Å². The summed E-state index contributed by atoms with van der Waals surface area (Å²) < 4.78 is 13.7. The molecular weight excluding hydrogens is 319 g/mol. The Bertz CT molecular complexity index is 875. The summed E-state index contributed by atoms with van der Waals surface area (Å²) >= 11 is 0. The lowest BCUT2D eigenvalue weighted by Crippen LogP contribution is -2.36. The van der Waals surface area contributed by atoms with Gasteiger partial charge in [-0.05, 0) is 51.5 Å². The van der Waals surface area contributed by atoms with Crippen molar-refractivity contribution in [2.75, 3.05) is 11.9 Å². The van der Waals surface area contributed by atoms with E-state index in [1.165, 1.54) is 17.0 Å². The maximum Gasteiger partial charge on any atom is 0.259 e. The summed E-state index contributed by atoms with van der Waals surface area (Å²) in [4.78, 5) is 14.1. The molecule has 1 N–H and O–H groups in total. The molecule has 0 saturated heterocycles. The highest BCUT2D eigenvalue weighted by Crippen LogP contribution is 2.39. The Labute approximate surface area is 146 Å². The number of likely N-dealkylation sites (N-methyl/N-ethyl adjacent to an activating group) is 1. The minimum Gasteiger partial charge on any atom is -0.379 e. The van der Waals surface area contributed by atoms with Gasteiger partial charge in [0.2, 0.25) is 0 Å². The second kappa shape index (κ2) is 6.41. The van der Waals surface area contributed by atoms with Crippen LogP contribution < -0.4 is 10.2 Å². The zero-order valence-electron chi connectivity index (χ0n) is 14.9. The van der Waals surface area contributed by atoms with Gasteiger partial charge in [0.1, 0.15) is 18.0 Å². The number of nitriles is 2. The molecule has 0 unspecified atom stereocenters. The zero-order valence-corrected chi connectivity index (χ0v) is 14.9. The maximum atomic E-state index is 13.7. The Morgan fingerprint density at radius 1 is 1.24 bits per heavy atom. The van der Waals surface area contributed by atoms with Crippen LogP contribution >= 0.6 is 0 Å². The van der Waals surface area contributed by atoms with E-state index in [4.69, 9.17) is 0 Å². The van der Waals surface area contributed by atoms with E-state index < -0.39 is 11.4 Å². The van der Waals surface area contributed by atoms with Gasteiger partial charge in [0, 0.05) is 18.2 Å². The molecule has 0 atom stereocenters. The van der Waals surface area contributed by atoms with Crippen molar-refractivity contribution < 1.29 is 9.18 Å². The highest BCUT2D eigenvalue weighted by molar-refractivity contribution is 6.33. The summed E-state index contributed by atoms with van der Waals surface area (Å²) in [5.41, 5.74) is 1.49. The average Bonchev–Trinajstić information content (AvgIpc) is 2.76. The molecule has 0 radical (unpaired) electrons. The van der Waals surface area contributed by atoms with Crippen LogP contribution in [-0.2, 0) is 4.79 Å². The van der Waals surface area contributed by atoms with Gasteiger partial charge in [-0.1, -0.05) is 0 Å². The highest BCUT2D eigenvalue weighted by atomic mass is 19.1. The Hall–Kier alpha value is -3.12. The van der Waals surface area contributed by atoms with E-state index in [9.17, 15) is 19.7 Å². The molecule has 0 fully saturated rings. The summed E-state index contributed by atoms with van der Waals surface area (Å²) in [6.07, 6.45) is 0. The van der Waals surface area contributed by atoms with E-state index in [0.29, 0.717) is 16.8 Å². The number of amides is 1. The van der Waals surface area contributed by atoms with Crippen LogP contribution in [0.4, 0.5) is 10.1 Å². The third-order valence-corrected chi connectivity index (χ3v) is 3.83. The Balaban J connectivity index is 2.79. The molecule has 0 bridgehead atoms. The monoisotopic (exact) mass is 338 g/mol. The van der Waals surface area contributed by atoms with Gasteiger partial charge < -0.3 is 10.2 Å². The number of hydrogen-bond donors (Lipinski definition) is 1. The summed E-state index contributed by atoms with van der Waals surface area (Å²) in [6, 6.07) is 7.85. The zero-order chi connectivity index (χ0) is 18.9. The molecule has 2 rings (SSSR count). The lowest BCUT2D eigenvalue weighted by molar-refractivity contribution is -0.112. The molecule has 1 heterocycles. The predicted molar refractivity (Wildman–Crippen MR) is 93.5 cm³/mol. The van der Waals surface area contributed by atoms with E-state index in [1.807, 2.05) is 32.9 Å². The van der Waals surface area contributed by atoms with Crippen molar-refractivity contribution in [1.29, 1.82) is 10.5 Å². The maximum absolute atomic E-state index is 13.7. The molecule has 128 valence electrons. The fourth-order valence-electron chi connectivity index (χ4n) is 2.74. The summed E-state index contributed by atoms with van der Waals surface area (Å²) in [5.74, 6) is -0.760. The molecule has 1 aromatic rings. The molecule has 1 aliphatic rings. The van der Waals surface area contributed by atoms with Gasteiger partial charge in [0.25, 0.3) is 5.91 Å². The minimum absolute atomic E-state index is 0.125. The van der Waals surface area contributed by atoms with Gasteiger partial charge in [0.15, 0.2) is 5.57 Å². The topological polar surface area (TPSA) is 79.9 Å². The molecule has 25 heavy (non-hydrogen) atoms. The molecule has 0 saturated carbocycles. The Morgan fingerprint density at radius 2 is 1.84 bits per heavy atom. The van der Waals surface area contributed by atoms with Crippen LogP contribution in [0.5, 0.6) is 0 Å². The molecule has 1 aliphatic heterocycles. The predicted octanol–water partition coefficient (Wildman–Crippen LogP) is 3.26. The number of nitrogens with one attached hydrogen (secondary N) is 1. The van der Waals surface area contributed by atoms with Crippen LogP contribution in [0.3, 0.4) is 0 Å². The molecule has 0 aliphatic carbocycles. The van der Waals surface area contributed by atoms with Crippen LogP contribution in [0.25, 0.3) is 5.57 Å². The molecule has 0 spiro atoms. The van der Waals surface area contributed by atoms with Crippen molar-refractivity contribution in [3.63, 3.8) is 0 Å². The van der Waals surface area contributed by atoms with E-state index in [-0.39, 0.29) is 22.8 Å². The van der Waals surface area contributed by atoms with Gasteiger partial charge in [0.05, 0.1) is 17.0 Å². The summed E-state index contributed by atoms with van der Waals surface area (Å²) in [5, 5.41) is 21.7. The van der Waals surface area contributed by atoms with Gasteiger partial charge in [-0.2, -0.15) is 10.5 Å². The Kier molecular flexibility index (Phi) is 4.67. The fourth-order valence-corrected chi connectivity index (χ4v) is 2.74. The summed E-state index contributed by atoms with van der Waals surface area (Å²) in [7, 11) is 1.61. The van der Waals surface area contributed by atoms with Crippen molar-refractivity contribution in [3.05, 3.63) is 46.4 Å². The fraction of sp³-hybridized carbons (Fsp3) is 0.316. The largest absolute Gasteiger partial charge is 0.379 e. The lowest BCUT2D eigenvalue weighted by Gasteiger charge is -2.25. The first-order valence-corrected chi connectivity index (χ1v) is 7.72. The number of benzene rings is 1. The van der Waals surface area contributed by atoms with Gasteiger partial charge in [-0.3, -0.25) is 4.79 Å². The third kappa shape index (κ3) is 3.39. The number of anilines is 1. The molecule has 0 aromatic heterocycles. The lowest BCUT2D eigenvalue weighted by atomic mass is 9.96. The number of carbonyl (C=O) groups is 1. The molecule has 6 heteroatoms. The third-order valence-electron chi connectivity index (χ3n) is 3.83. The Morgan fingerprint density at radius 3 is 2.36 bits per heavy atom. The molecule has 1 aromatic carbocycles. The SMILES string of the molecule is C/C(C(NC(C)(C)C)=C(C#N)C#N)=C1/C(=O)N(C)c2ccc(F)cc21. The first-order chi connectivity index (χ1) is 11.6. The van der Waals surface area contributed by atoms with E-state index in [1.54, 1.807) is 20.0 Å². The van der Waals surface area contributed by atoms with Gasteiger partial charge in [-0.15, -0.1) is 0 Å².